The third-order valence-electron chi connectivity index (χ3n) is 4.35. The van der Waals surface area contributed by atoms with Gasteiger partial charge in [0.25, 0.3) is 0 Å². The maximum Gasteiger partial charge on any atom is 0.107 e. The Hall–Kier alpha value is -1.68. The van der Waals surface area contributed by atoms with Crippen LogP contribution in [0, 0.1) is 0 Å². The van der Waals surface area contributed by atoms with Crippen LogP contribution in [0.2, 0.25) is 0 Å². The predicted octanol–water partition coefficient (Wildman–Crippen LogP) is 3.64. The number of rotatable bonds is 2. The van der Waals surface area contributed by atoms with Crippen molar-refractivity contribution >= 4 is 33.8 Å². The molecule has 0 aliphatic carbocycles. The topological polar surface area (TPSA) is 42.1 Å². The molecular weight excluding hydrogens is 278 g/mol. The second-order valence-electron chi connectivity index (χ2n) is 5.79. The fourth-order valence-corrected chi connectivity index (χ4v) is 3.37. The predicted molar refractivity (Wildman–Crippen MR) is 92.9 cm³/mol. The first-order valence-electron chi connectivity index (χ1n) is 7.62. The molecule has 2 aromatic rings. The highest BCUT2D eigenvalue weighted by Gasteiger charge is 2.23. The second-order valence-corrected chi connectivity index (χ2v) is 6.23. The third-order valence-corrected chi connectivity index (χ3v) is 4.57. The van der Waals surface area contributed by atoms with E-state index in [1.165, 1.54) is 31.4 Å². The van der Waals surface area contributed by atoms with Crippen LogP contribution in [0.25, 0.3) is 10.9 Å². The molecule has 0 bridgehead atoms. The number of thiocarbonyl (C=S) groups is 1. The van der Waals surface area contributed by atoms with Crippen LogP contribution in [-0.4, -0.2) is 22.6 Å². The quantitative estimate of drug-likeness (QED) is 0.860. The zero-order valence-electron chi connectivity index (χ0n) is 12.4. The number of nitrogens with zero attached hydrogens (tertiary/aromatic N) is 2. The summed E-state index contributed by atoms with van der Waals surface area (Å²) in [6.07, 6.45) is 6.86. The Balaban J connectivity index is 2.22. The Kier molecular flexibility index (Phi) is 4.06. The lowest BCUT2D eigenvalue weighted by atomic mass is 10.1. The first-order chi connectivity index (χ1) is 10.2. The molecule has 1 aliphatic rings. The van der Waals surface area contributed by atoms with Crippen LogP contribution in [0.5, 0.6) is 0 Å². The second kappa shape index (κ2) is 5.98. The lowest BCUT2D eigenvalue weighted by Crippen LogP contribution is -2.34. The van der Waals surface area contributed by atoms with Gasteiger partial charge >= 0.3 is 0 Å². The number of anilines is 1. The molecule has 1 atom stereocenters. The van der Waals surface area contributed by atoms with Crippen molar-refractivity contribution in [3.8, 4) is 0 Å². The largest absolute Gasteiger partial charge is 0.389 e. The summed E-state index contributed by atoms with van der Waals surface area (Å²) in [5, 5.41) is 1.15. The van der Waals surface area contributed by atoms with Crippen molar-refractivity contribution in [1.29, 1.82) is 0 Å². The number of para-hydroxylation sites is 1. The van der Waals surface area contributed by atoms with E-state index in [0.717, 1.165) is 23.0 Å². The number of hydrogen-bond donors (Lipinski definition) is 1. The van der Waals surface area contributed by atoms with E-state index in [-0.39, 0.29) is 0 Å². The zero-order valence-corrected chi connectivity index (χ0v) is 13.2. The molecule has 1 saturated heterocycles. The summed E-state index contributed by atoms with van der Waals surface area (Å²) in [5.41, 5.74) is 9.03. The summed E-state index contributed by atoms with van der Waals surface area (Å²) < 4.78 is 0. The standard InChI is InChI=1S/C17H21N3S/c1-12-7-3-2-6-10-20(12)16-13-8-4-5-9-15(13)19-11-14(16)17(18)21/h4-5,8-9,11-12H,2-3,6-7,10H2,1H3,(H2,18,21). The summed E-state index contributed by atoms with van der Waals surface area (Å²) in [5.74, 6) is 0. The molecule has 110 valence electrons. The van der Waals surface area contributed by atoms with Gasteiger partial charge in [-0.15, -0.1) is 0 Å². The molecule has 21 heavy (non-hydrogen) atoms. The van der Waals surface area contributed by atoms with Gasteiger partial charge in [0.15, 0.2) is 0 Å². The molecule has 0 radical (unpaired) electrons. The van der Waals surface area contributed by atoms with Gasteiger partial charge in [-0.1, -0.05) is 43.3 Å². The summed E-state index contributed by atoms with van der Waals surface area (Å²) in [7, 11) is 0. The molecule has 1 fully saturated rings. The van der Waals surface area contributed by atoms with Crippen molar-refractivity contribution in [3.63, 3.8) is 0 Å². The molecule has 2 N–H and O–H groups in total. The highest BCUT2D eigenvalue weighted by Crippen LogP contribution is 2.33. The minimum atomic E-state index is 0.430. The van der Waals surface area contributed by atoms with Crippen LogP contribution in [-0.2, 0) is 0 Å². The van der Waals surface area contributed by atoms with E-state index in [1.54, 1.807) is 0 Å². The molecule has 1 unspecified atom stereocenters. The van der Waals surface area contributed by atoms with Crippen molar-refractivity contribution in [2.24, 2.45) is 5.73 Å². The summed E-state index contributed by atoms with van der Waals surface area (Å²) in [6, 6.07) is 8.75. The zero-order chi connectivity index (χ0) is 14.8. The molecule has 0 amide bonds. The number of pyridine rings is 1. The minimum absolute atomic E-state index is 0.430. The van der Waals surface area contributed by atoms with E-state index in [9.17, 15) is 0 Å². The van der Waals surface area contributed by atoms with Crippen LogP contribution in [0.4, 0.5) is 5.69 Å². The molecule has 3 rings (SSSR count). The smallest absolute Gasteiger partial charge is 0.107 e. The SMILES string of the molecule is CC1CCCCCN1c1c(C(N)=S)cnc2ccccc12. The van der Waals surface area contributed by atoms with E-state index < -0.39 is 0 Å². The van der Waals surface area contributed by atoms with Gasteiger partial charge in [-0.2, -0.15) is 0 Å². The van der Waals surface area contributed by atoms with Crippen molar-refractivity contribution in [2.75, 3.05) is 11.4 Å². The highest BCUT2D eigenvalue weighted by atomic mass is 32.1. The summed E-state index contributed by atoms with van der Waals surface area (Å²) in [4.78, 5) is 7.42. The fourth-order valence-electron chi connectivity index (χ4n) is 3.22. The van der Waals surface area contributed by atoms with E-state index in [2.05, 4.69) is 28.9 Å². The maximum atomic E-state index is 5.96. The number of aromatic nitrogens is 1. The van der Waals surface area contributed by atoms with Crippen LogP contribution >= 0.6 is 12.2 Å². The van der Waals surface area contributed by atoms with Crippen molar-refractivity contribution < 1.29 is 0 Å². The Morgan fingerprint density at radius 3 is 2.90 bits per heavy atom. The van der Waals surface area contributed by atoms with Gasteiger partial charge in [0, 0.05) is 24.2 Å². The van der Waals surface area contributed by atoms with Gasteiger partial charge in [0.1, 0.15) is 4.99 Å². The summed E-state index contributed by atoms with van der Waals surface area (Å²) in [6.45, 7) is 3.36. The number of nitrogens with two attached hydrogens (primary N) is 1. The molecule has 1 aliphatic heterocycles. The Labute approximate surface area is 131 Å². The molecule has 1 aromatic carbocycles. The highest BCUT2D eigenvalue weighted by molar-refractivity contribution is 7.80. The normalized spacial score (nSPS) is 19.5. The molecule has 3 nitrogen and oxygen atoms in total. The van der Waals surface area contributed by atoms with Gasteiger partial charge in [-0.25, -0.2) is 0 Å². The third kappa shape index (κ3) is 2.72. The molecule has 0 spiro atoms. The van der Waals surface area contributed by atoms with Crippen LogP contribution < -0.4 is 10.6 Å². The van der Waals surface area contributed by atoms with Crippen molar-refractivity contribution in [3.05, 3.63) is 36.0 Å². The van der Waals surface area contributed by atoms with Crippen LogP contribution in [0.15, 0.2) is 30.5 Å². The average molecular weight is 299 g/mol. The van der Waals surface area contributed by atoms with E-state index in [1.807, 2.05) is 18.3 Å². The van der Waals surface area contributed by atoms with E-state index in [0.29, 0.717) is 11.0 Å². The Morgan fingerprint density at radius 2 is 2.10 bits per heavy atom. The lowest BCUT2D eigenvalue weighted by Gasteiger charge is -2.32. The van der Waals surface area contributed by atoms with Gasteiger partial charge in [0.05, 0.1) is 16.8 Å². The van der Waals surface area contributed by atoms with Gasteiger partial charge in [0.2, 0.25) is 0 Å². The van der Waals surface area contributed by atoms with Crippen LogP contribution in [0.1, 0.15) is 38.2 Å². The number of benzene rings is 1. The Bertz CT molecular complexity index is 668. The van der Waals surface area contributed by atoms with Gasteiger partial charge in [-0.05, 0) is 25.8 Å². The molecule has 1 aromatic heterocycles. The molecule has 2 heterocycles. The van der Waals surface area contributed by atoms with Gasteiger partial charge in [-0.3, -0.25) is 4.98 Å². The fraction of sp³-hybridized carbons (Fsp3) is 0.412. The van der Waals surface area contributed by atoms with E-state index in [4.69, 9.17) is 18.0 Å². The number of hydrogen-bond acceptors (Lipinski definition) is 3. The minimum Gasteiger partial charge on any atom is -0.389 e. The monoisotopic (exact) mass is 299 g/mol. The van der Waals surface area contributed by atoms with Crippen LogP contribution in [0.3, 0.4) is 0 Å². The number of fused-ring (bicyclic) bond motifs is 1. The summed E-state index contributed by atoms with van der Waals surface area (Å²) >= 11 is 5.27. The van der Waals surface area contributed by atoms with Crippen molar-refractivity contribution in [1.82, 2.24) is 4.98 Å². The average Bonchev–Trinajstić information content (AvgIpc) is 2.70. The molecular formula is C17H21N3S. The molecule has 4 heteroatoms. The van der Waals surface area contributed by atoms with E-state index >= 15 is 0 Å². The first kappa shape index (κ1) is 14.3. The first-order valence-corrected chi connectivity index (χ1v) is 8.03. The molecule has 0 saturated carbocycles. The lowest BCUT2D eigenvalue weighted by molar-refractivity contribution is 0.617. The van der Waals surface area contributed by atoms with Crippen molar-refractivity contribution in [2.45, 2.75) is 38.6 Å². The maximum absolute atomic E-state index is 5.96. The Morgan fingerprint density at radius 1 is 1.29 bits per heavy atom. The van der Waals surface area contributed by atoms with Gasteiger partial charge < -0.3 is 10.6 Å².